The number of hydrogen-bond donors (Lipinski definition) is 1. The molecule has 0 radical (unpaired) electrons. The highest BCUT2D eigenvalue weighted by Crippen LogP contribution is 2.37. The van der Waals surface area contributed by atoms with E-state index in [4.69, 9.17) is 0 Å². The summed E-state index contributed by atoms with van der Waals surface area (Å²) in [7, 11) is 0. The number of rotatable bonds is 3. The van der Waals surface area contributed by atoms with Gasteiger partial charge in [0, 0.05) is 12.8 Å². The van der Waals surface area contributed by atoms with Crippen molar-refractivity contribution in [2.75, 3.05) is 6.54 Å². The Kier molecular flexibility index (Phi) is 4.83. The molecular formula is C21H30N2O2. The molecule has 1 saturated heterocycles. The van der Waals surface area contributed by atoms with Crippen molar-refractivity contribution in [3.8, 4) is 0 Å². The van der Waals surface area contributed by atoms with E-state index in [1.807, 2.05) is 0 Å². The number of benzene rings is 1. The second-order valence-electron chi connectivity index (χ2n) is 8.18. The van der Waals surface area contributed by atoms with E-state index in [2.05, 4.69) is 29.6 Å². The van der Waals surface area contributed by atoms with E-state index < -0.39 is 6.04 Å². The Labute approximate surface area is 150 Å². The van der Waals surface area contributed by atoms with Gasteiger partial charge in [0.1, 0.15) is 0 Å². The average Bonchev–Trinajstić information content (AvgIpc) is 3.06. The van der Waals surface area contributed by atoms with E-state index in [1.165, 1.54) is 17.5 Å². The van der Waals surface area contributed by atoms with Crippen molar-refractivity contribution >= 4 is 5.91 Å². The molecular weight excluding hydrogens is 312 g/mol. The number of nitrogens with one attached hydrogen (secondary N) is 1. The first-order valence-electron chi connectivity index (χ1n) is 10.1. The lowest BCUT2D eigenvalue weighted by Crippen LogP contribution is -2.59. The van der Waals surface area contributed by atoms with Crippen LogP contribution in [0.4, 0.5) is 0 Å². The fourth-order valence-corrected chi connectivity index (χ4v) is 5.36. The molecule has 25 heavy (non-hydrogen) atoms. The maximum Gasteiger partial charge on any atom is 0.279 e. The van der Waals surface area contributed by atoms with Crippen LogP contribution in [0.1, 0.15) is 75.0 Å². The monoisotopic (exact) mass is 342 g/mol. The van der Waals surface area contributed by atoms with E-state index in [-0.39, 0.29) is 22.6 Å². The summed E-state index contributed by atoms with van der Waals surface area (Å²) in [5, 5.41) is 16.9. The summed E-state index contributed by atoms with van der Waals surface area (Å²) in [6, 6.07) is 8.26. The van der Waals surface area contributed by atoms with Gasteiger partial charge in [-0.1, -0.05) is 30.7 Å². The third-order valence-corrected chi connectivity index (χ3v) is 6.69. The van der Waals surface area contributed by atoms with Crippen LogP contribution in [0.15, 0.2) is 24.3 Å². The minimum absolute atomic E-state index is 0.000207. The lowest BCUT2D eigenvalue weighted by atomic mass is 9.87. The summed E-state index contributed by atoms with van der Waals surface area (Å²) in [5.41, 5.74) is 2.60. The van der Waals surface area contributed by atoms with E-state index >= 15 is 0 Å². The minimum Gasteiger partial charge on any atom is -0.632 e. The lowest BCUT2D eigenvalue weighted by Gasteiger charge is -2.51. The quantitative estimate of drug-likeness (QED) is 0.667. The number of carbonyl (C=O) groups excluding carboxylic acids is 1. The van der Waals surface area contributed by atoms with Crippen LogP contribution in [0.5, 0.6) is 0 Å². The number of nitrogens with zero attached hydrogens (tertiary/aromatic N) is 1. The maximum atomic E-state index is 13.6. The van der Waals surface area contributed by atoms with Gasteiger partial charge in [0.2, 0.25) is 0 Å². The number of likely N-dealkylation sites (tertiary alicyclic amines) is 1. The van der Waals surface area contributed by atoms with Crippen LogP contribution in [-0.4, -0.2) is 29.2 Å². The Hall–Kier alpha value is -1.39. The van der Waals surface area contributed by atoms with Gasteiger partial charge >= 0.3 is 0 Å². The van der Waals surface area contributed by atoms with Crippen LogP contribution < -0.4 is 5.32 Å². The Morgan fingerprint density at radius 2 is 1.80 bits per heavy atom. The summed E-state index contributed by atoms with van der Waals surface area (Å²) >= 11 is 0. The fourth-order valence-electron chi connectivity index (χ4n) is 5.36. The van der Waals surface area contributed by atoms with Gasteiger partial charge in [0.25, 0.3) is 5.91 Å². The SMILES string of the molecule is O=C(N[C@@H]1CCCc2ccccc21)[C@@H]1CCC[N@@+]1([O-])C1CCCCC1. The number of quaternary nitrogens is 1. The lowest BCUT2D eigenvalue weighted by molar-refractivity contribution is -0.909. The van der Waals surface area contributed by atoms with Gasteiger partial charge in [-0.25, -0.2) is 0 Å². The third kappa shape index (κ3) is 3.22. The van der Waals surface area contributed by atoms with Crippen LogP contribution >= 0.6 is 0 Å². The molecule has 1 heterocycles. The number of hydrogen-bond acceptors (Lipinski definition) is 2. The molecule has 1 N–H and O–H groups in total. The van der Waals surface area contributed by atoms with Crippen LogP contribution in [0.2, 0.25) is 0 Å². The third-order valence-electron chi connectivity index (χ3n) is 6.69. The highest BCUT2D eigenvalue weighted by molar-refractivity contribution is 5.81. The molecule has 4 rings (SSSR count). The second kappa shape index (κ2) is 7.08. The molecule has 2 aliphatic carbocycles. The normalized spacial score (nSPS) is 33.0. The number of hydroxylamine groups is 3. The smallest absolute Gasteiger partial charge is 0.279 e. The first-order chi connectivity index (χ1) is 12.2. The predicted molar refractivity (Wildman–Crippen MR) is 98.7 cm³/mol. The molecule has 1 aromatic carbocycles. The molecule has 0 spiro atoms. The van der Waals surface area contributed by atoms with Crippen LogP contribution in [-0.2, 0) is 11.2 Å². The van der Waals surface area contributed by atoms with Gasteiger partial charge in [0.05, 0.1) is 18.6 Å². The van der Waals surface area contributed by atoms with E-state index in [1.54, 1.807) is 0 Å². The van der Waals surface area contributed by atoms with Crippen LogP contribution in [0.3, 0.4) is 0 Å². The van der Waals surface area contributed by atoms with Crippen molar-refractivity contribution in [2.45, 2.75) is 82.3 Å². The standard InChI is InChI=1S/C21H30N2O2/c24-21(22-19-13-6-9-16-8-4-5-12-18(16)19)20-14-7-15-23(20,25)17-10-2-1-3-11-17/h4-5,8,12,17,19-20H,1-3,6-7,9-11,13-15H2,(H,22,24)/t19-,20+,23-/m1/s1. The zero-order valence-corrected chi connectivity index (χ0v) is 15.1. The number of amides is 1. The van der Waals surface area contributed by atoms with Crippen molar-refractivity contribution in [2.24, 2.45) is 0 Å². The van der Waals surface area contributed by atoms with Crippen molar-refractivity contribution in [3.05, 3.63) is 40.6 Å². The van der Waals surface area contributed by atoms with Gasteiger partial charge < -0.3 is 15.2 Å². The Morgan fingerprint density at radius 3 is 2.64 bits per heavy atom. The summed E-state index contributed by atoms with van der Waals surface area (Å²) in [5.74, 6) is -0.000207. The molecule has 1 saturated carbocycles. The zero-order chi connectivity index (χ0) is 17.3. The maximum absolute atomic E-state index is 13.6. The van der Waals surface area contributed by atoms with E-state index in [0.717, 1.165) is 57.8 Å². The molecule has 0 bridgehead atoms. The predicted octanol–water partition coefficient (Wildman–Crippen LogP) is 3.99. The van der Waals surface area contributed by atoms with E-state index in [9.17, 15) is 10.0 Å². The minimum atomic E-state index is -0.391. The average molecular weight is 342 g/mol. The largest absolute Gasteiger partial charge is 0.632 e. The molecule has 136 valence electrons. The molecule has 3 aliphatic rings. The molecule has 4 heteroatoms. The van der Waals surface area contributed by atoms with Gasteiger partial charge in [-0.3, -0.25) is 4.79 Å². The van der Waals surface area contributed by atoms with Gasteiger partial charge in [-0.05, 0) is 56.1 Å². The Balaban J connectivity index is 1.49. The summed E-state index contributed by atoms with van der Waals surface area (Å²) in [6.07, 6.45) is 10.4. The molecule has 2 fully saturated rings. The topological polar surface area (TPSA) is 52.2 Å². The second-order valence-corrected chi connectivity index (χ2v) is 8.18. The molecule has 4 nitrogen and oxygen atoms in total. The van der Waals surface area contributed by atoms with Gasteiger partial charge in [-0.2, -0.15) is 0 Å². The van der Waals surface area contributed by atoms with Gasteiger partial charge in [-0.15, -0.1) is 0 Å². The molecule has 3 atom stereocenters. The number of fused-ring (bicyclic) bond motifs is 1. The first-order valence-corrected chi connectivity index (χ1v) is 10.1. The molecule has 1 aromatic rings. The van der Waals surface area contributed by atoms with Crippen molar-refractivity contribution in [1.29, 1.82) is 0 Å². The molecule has 0 aromatic heterocycles. The van der Waals surface area contributed by atoms with Crippen molar-refractivity contribution in [1.82, 2.24) is 5.32 Å². The highest BCUT2D eigenvalue weighted by Gasteiger charge is 2.45. The zero-order valence-electron chi connectivity index (χ0n) is 15.1. The van der Waals surface area contributed by atoms with Gasteiger partial charge in [0.15, 0.2) is 6.04 Å². The highest BCUT2D eigenvalue weighted by atomic mass is 16.6. The van der Waals surface area contributed by atoms with Crippen molar-refractivity contribution in [3.63, 3.8) is 0 Å². The summed E-state index contributed by atoms with van der Waals surface area (Å²) in [6.45, 7) is 0.629. The molecule has 0 unspecified atom stereocenters. The fraction of sp³-hybridized carbons (Fsp3) is 0.667. The number of carbonyl (C=O) groups is 1. The molecule has 1 aliphatic heterocycles. The summed E-state index contributed by atoms with van der Waals surface area (Å²) < 4.78 is -0.250. The summed E-state index contributed by atoms with van der Waals surface area (Å²) in [4.78, 5) is 13.1. The van der Waals surface area contributed by atoms with Crippen molar-refractivity contribution < 1.29 is 9.44 Å². The Bertz CT molecular complexity index is 626. The number of aryl methyl sites for hydroxylation is 1. The van der Waals surface area contributed by atoms with Crippen LogP contribution in [0.25, 0.3) is 0 Å². The molecule has 1 amide bonds. The first kappa shape index (κ1) is 17.0. The van der Waals surface area contributed by atoms with E-state index in [0.29, 0.717) is 6.54 Å². The van der Waals surface area contributed by atoms with Crippen LogP contribution in [0, 0.1) is 5.21 Å². The Morgan fingerprint density at radius 1 is 1.00 bits per heavy atom.